The molecular formula is C12H13Br2FN4. The first-order valence-electron chi connectivity index (χ1n) is 5.77. The zero-order valence-electron chi connectivity index (χ0n) is 10.5. The Morgan fingerprint density at radius 1 is 1.37 bits per heavy atom. The van der Waals surface area contributed by atoms with Crippen LogP contribution in [0.4, 0.5) is 4.39 Å². The van der Waals surface area contributed by atoms with Gasteiger partial charge in [0.25, 0.3) is 0 Å². The van der Waals surface area contributed by atoms with Crippen LogP contribution in [0, 0.1) is 5.82 Å². The molecule has 1 aromatic heterocycles. The summed E-state index contributed by atoms with van der Waals surface area (Å²) in [6, 6.07) is 4.66. The van der Waals surface area contributed by atoms with Gasteiger partial charge >= 0.3 is 0 Å². The second-order valence-corrected chi connectivity index (χ2v) is 5.75. The van der Waals surface area contributed by atoms with Crippen molar-refractivity contribution >= 4 is 31.9 Å². The molecule has 1 unspecified atom stereocenters. The lowest BCUT2D eigenvalue weighted by Gasteiger charge is -2.19. The van der Waals surface area contributed by atoms with Crippen LogP contribution in [-0.4, -0.2) is 21.5 Å². The third kappa shape index (κ3) is 3.21. The molecule has 1 atom stereocenters. The molecule has 0 aliphatic rings. The number of halogens is 3. The van der Waals surface area contributed by atoms with Crippen molar-refractivity contribution in [2.75, 3.05) is 6.54 Å². The van der Waals surface area contributed by atoms with Crippen LogP contribution in [0.3, 0.4) is 0 Å². The third-order valence-corrected chi connectivity index (χ3v) is 3.75. The van der Waals surface area contributed by atoms with Crippen LogP contribution in [0.2, 0.25) is 0 Å². The van der Waals surface area contributed by atoms with Crippen molar-refractivity contribution in [2.45, 2.75) is 13.0 Å². The number of aryl methyl sites for hydroxylation is 1. The lowest BCUT2D eigenvalue weighted by Crippen LogP contribution is -2.24. The quantitative estimate of drug-likeness (QED) is 0.870. The Kier molecular flexibility index (Phi) is 4.70. The van der Waals surface area contributed by atoms with Gasteiger partial charge < -0.3 is 5.32 Å². The average Bonchev–Trinajstić information content (AvgIpc) is 2.65. The number of hydrogen-bond donors (Lipinski definition) is 1. The Bertz CT molecular complexity index is 545. The molecule has 0 amide bonds. The number of aromatic nitrogens is 3. The van der Waals surface area contributed by atoms with Crippen LogP contribution >= 0.6 is 31.9 Å². The van der Waals surface area contributed by atoms with Crippen molar-refractivity contribution in [1.29, 1.82) is 0 Å². The van der Waals surface area contributed by atoms with Gasteiger partial charge in [0.15, 0.2) is 4.60 Å². The van der Waals surface area contributed by atoms with E-state index in [2.05, 4.69) is 47.5 Å². The highest BCUT2D eigenvalue weighted by molar-refractivity contribution is 9.10. The van der Waals surface area contributed by atoms with Gasteiger partial charge in [0, 0.05) is 11.5 Å². The summed E-state index contributed by atoms with van der Waals surface area (Å²) in [7, 11) is 1.81. The van der Waals surface area contributed by atoms with E-state index in [0.717, 1.165) is 17.8 Å². The molecule has 2 rings (SSSR count). The van der Waals surface area contributed by atoms with E-state index >= 15 is 0 Å². The molecule has 1 heterocycles. The van der Waals surface area contributed by atoms with Crippen molar-refractivity contribution in [2.24, 2.45) is 7.05 Å². The maximum absolute atomic E-state index is 13.6. The lowest BCUT2D eigenvalue weighted by molar-refractivity contribution is 0.560. The first-order valence-corrected chi connectivity index (χ1v) is 7.36. The Hall–Kier alpha value is -0.790. The molecule has 102 valence electrons. The highest BCUT2D eigenvalue weighted by atomic mass is 79.9. The first kappa shape index (κ1) is 14.6. The molecule has 0 saturated carbocycles. The van der Waals surface area contributed by atoms with E-state index in [1.165, 1.54) is 12.1 Å². The molecule has 0 spiro atoms. The Labute approximate surface area is 127 Å². The van der Waals surface area contributed by atoms with Crippen molar-refractivity contribution in [1.82, 2.24) is 20.3 Å². The topological polar surface area (TPSA) is 42.7 Å². The predicted octanol–water partition coefficient (Wildman–Crippen LogP) is 3.18. The summed E-state index contributed by atoms with van der Waals surface area (Å²) in [6.45, 7) is 2.75. The van der Waals surface area contributed by atoms with E-state index in [1.54, 1.807) is 4.68 Å². The highest BCUT2D eigenvalue weighted by Gasteiger charge is 2.22. The minimum absolute atomic E-state index is 0.175. The second kappa shape index (κ2) is 6.11. The molecule has 0 aliphatic heterocycles. The number of nitrogens with one attached hydrogen (secondary N) is 1. The van der Waals surface area contributed by atoms with E-state index in [4.69, 9.17) is 0 Å². The van der Waals surface area contributed by atoms with Crippen LogP contribution < -0.4 is 5.32 Å². The van der Waals surface area contributed by atoms with Crippen LogP contribution in [0.15, 0.2) is 27.3 Å². The molecule has 0 saturated heterocycles. The van der Waals surface area contributed by atoms with Crippen LogP contribution in [0.1, 0.15) is 24.2 Å². The molecule has 7 heteroatoms. The van der Waals surface area contributed by atoms with Crippen molar-refractivity contribution in [3.63, 3.8) is 0 Å². The highest BCUT2D eigenvalue weighted by Crippen LogP contribution is 2.29. The Morgan fingerprint density at radius 3 is 2.63 bits per heavy atom. The fourth-order valence-corrected chi connectivity index (χ4v) is 3.00. The SMILES string of the molecule is CCNC(c1cc(F)cc(Br)c1)c1c(Br)nnn1C. The number of nitrogens with zero attached hydrogens (tertiary/aromatic N) is 3. The van der Waals surface area contributed by atoms with Gasteiger partial charge in [-0.25, -0.2) is 9.07 Å². The average molecular weight is 392 g/mol. The summed E-state index contributed by atoms with van der Waals surface area (Å²) in [5.41, 5.74) is 1.68. The predicted molar refractivity (Wildman–Crippen MR) is 78.3 cm³/mol. The monoisotopic (exact) mass is 390 g/mol. The molecule has 0 aliphatic carbocycles. The Morgan fingerprint density at radius 2 is 2.11 bits per heavy atom. The van der Waals surface area contributed by atoms with E-state index in [-0.39, 0.29) is 11.9 Å². The zero-order valence-corrected chi connectivity index (χ0v) is 13.7. The summed E-state index contributed by atoms with van der Waals surface area (Å²) in [5, 5.41) is 11.3. The standard InChI is InChI=1S/C12H13Br2FN4/c1-3-16-10(11-12(14)17-18-19(11)2)7-4-8(13)6-9(15)5-7/h4-6,10,16H,3H2,1-2H3. The summed E-state index contributed by atoms with van der Waals surface area (Å²) in [5.74, 6) is -0.279. The third-order valence-electron chi connectivity index (χ3n) is 2.73. The second-order valence-electron chi connectivity index (χ2n) is 4.08. The maximum atomic E-state index is 13.6. The number of hydrogen-bond acceptors (Lipinski definition) is 3. The molecule has 1 aromatic carbocycles. The van der Waals surface area contributed by atoms with Gasteiger partial charge in [0.2, 0.25) is 0 Å². The fourth-order valence-electron chi connectivity index (χ4n) is 1.96. The summed E-state index contributed by atoms with van der Waals surface area (Å²) in [6.07, 6.45) is 0. The lowest BCUT2D eigenvalue weighted by atomic mass is 10.0. The van der Waals surface area contributed by atoms with E-state index < -0.39 is 0 Å². The van der Waals surface area contributed by atoms with E-state index in [9.17, 15) is 4.39 Å². The van der Waals surface area contributed by atoms with Gasteiger partial charge in [-0.2, -0.15) is 0 Å². The van der Waals surface area contributed by atoms with Crippen LogP contribution in [0.25, 0.3) is 0 Å². The molecule has 0 fully saturated rings. The minimum atomic E-state index is -0.279. The zero-order chi connectivity index (χ0) is 14.0. The van der Waals surface area contributed by atoms with Gasteiger partial charge in [-0.15, -0.1) is 5.10 Å². The summed E-state index contributed by atoms with van der Waals surface area (Å²) in [4.78, 5) is 0. The minimum Gasteiger partial charge on any atom is -0.305 e. The number of rotatable bonds is 4. The molecule has 1 N–H and O–H groups in total. The van der Waals surface area contributed by atoms with Crippen LogP contribution in [-0.2, 0) is 7.05 Å². The molecule has 0 radical (unpaired) electrons. The van der Waals surface area contributed by atoms with E-state index in [1.807, 2.05) is 20.0 Å². The molecule has 19 heavy (non-hydrogen) atoms. The molecule has 4 nitrogen and oxygen atoms in total. The van der Waals surface area contributed by atoms with Crippen molar-refractivity contribution in [3.8, 4) is 0 Å². The number of benzene rings is 1. The largest absolute Gasteiger partial charge is 0.305 e. The van der Waals surface area contributed by atoms with E-state index in [0.29, 0.717) is 9.08 Å². The van der Waals surface area contributed by atoms with Gasteiger partial charge in [-0.3, -0.25) is 0 Å². The van der Waals surface area contributed by atoms with Gasteiger partial charge in [-0.1, -0.05) is 28.1 Å². The van der Waals surface area contributed by atoms with Gasteiger partial charge in [-0.05, 0) is 46.2 Å². The summed E-state index contributed by atoms with van der Waals surface area (Å²) >= 11 is 6.70. The fraction of sp³-hybridized carbons (Fsp3) is 0.333. The Balaban J connectivity index is 2.51. The normalized spacial score (nSPS) is 12.7. The summed E-state index contributed by atoms with van der Waals surface area (Å²) < 4.78 is 16.6. The van der Waals surface area contributed by atoms with Gasteiger partial charge in [0.05, 0.1) is 11.7 Å². The van der Waals surface area contributed by atoms with Crippen molar-refractivity contribution in [3.05, 3.63) is 44.3 Å². The van der Waals surface area contributed by atoms with Gasteiger partial charge in [0.1, 0.15) is 5.82 Å². The molecular weight excluding hydrogens is 379 g/mol. The van der Waals surface area contributed by atoms with Crippen molar-refractivity contribution < 1.29 is 4.39 Å². The van der Waals surface area contributed by atoms with Crippen LogP contribution in [0.5, 0.6) is 0 Å². The maximum Gasteiger partial charge on any atom is 0.153 e. The molecule has 0 bridgehead atoms. The first-order chi connectivity index (χ1) is 9.02. The molecule has 2 aromatic rings. The smallest absolute Gasteiger partial charge is 0.153 e.